The van der Waals surface area contributed by atoms with Gasteiger partial charge in [-0.3, -0.25) is 15.3 Å². The number of fused-ring (bicyclic) bond motifs is 1. The molecule has 35 heavy (non-hydrogen) atoms. The number of hydroxylamine groups is 1. The van der Waals surface area contributed by atoms with Crippen LogP contribution in [-0.2, 0) is 14.3 Å². The molecule has 0 spiro atoms. The van der Waals surface area contributed by atoms with Crippen molar-refractivity contribution in [2.24, 2.45) is 0 Å². The molecule has 0 aliphatic heterocycles. The minimum absolute atomic E-state index is 0.289. The van der Waals surface area contributed by atoms with E-state index in [-0.39, 0.29) is 6.61 Å². The molecule has 3 rings (SSSR count). The molecule has 3 aromatic carbocycles. The van der Waals surface area contributed by atoms with Crippen LogP contribution in [0.25, 0.3) is 10.8 Å². The van der Waals surface area contributed by atoms with Gasteiger partial charge < -0.3 is 14.6 Å². The van der Waals surface area contributed by atoms with Crippen LogP contribution in [0.4, 0.5) is 14.9 Å². The molecule has 0 aromatic heterocycles. The zero-order valence-electron chi connectivity index (χ0n) is 19.1. The number of rotatable bonds is 10. The summed E-state index contributed by atoms with van der Waals surface area (Å²) in [6, 6.07) is 16.7. The van der Waals surface area contributed by atoms with Crippen molar-refractivity contribution in [3.63, 3.8) is 0 Å². The molecule has 0 unspecified atom stereocenters. The van der Waals surface area contributed by atoms with Crippen LogP contribution in [-0.4, -0.2) is 35.0 Å². The summed E-state index contributed by atoms with van der Waals surface area (Å²) in [6.45, 7) is 2.06. The maximum absolute atomic E-state index is 14.2. The Hall–Kier alpha value is -3.95. The molecule has 0 aliphatic carbocycles. The largest absolute Gasteiger partial charge is 0.505 e. The molecule has 2 amide bonds. The number of amides is 2. The van der Waals surface area contributed by atoms with Crippen LogP contribution < -0.4 is 10.8 Å². The zero-order valence-corrected chi connectivity index (χ0v) is 19.1. The first-order valence-electron chi connectivity index (χ1n) is 11.1. The summed E-state index contributed by atoms with van der Waals surface area (Å²) in [5, 5.41) is 22.7. The quantitative estimate of drug-likeness (QED) is 0.179. The standard InChI is InChI=1S/C26H27FN2O6/c1-2-34-23(12-5-6-13-24(31)29-33)25(18-14-15-22(30)20(27)16-18)35-26(32)28-21-11-7-9-17-8-3-4-10-19(17)21/h3-4,6-11,13-16,23,25,30,33H,2,5,12H2,1H3,(H,28,32)(H,29,31)/b13-6+/t23-,25-/m0/s1. The van der Waals surface area contributed by atoms with Crippen LogP contribution >= 0.6 is 0 Å². The van der Waals surface area contributed by atoms with E-state index in [1.54, 1.807) is 13.0 Å². The average Bonchev–Trinajstić information content (AvgIpc) is 2.86. The lowest BCUT2D eigenvalue weighted by molar-refractivity contribution is -0.124. The molecule has 0 saturated carbocycles. The maximum Gasteiger partial charge on any atom is 0.412 e. The van der Waals surface area contributed by atoms with Gasteiger partial charge in [0.1, 0.15) is 0 Å². The van der Waals surface area contributed by atoms with Gasteiger partial charge in [-0.15, -0.1) is 0 Å². The second kappa shape index (κ2) is 12.5. The number of carbonyl (C=O) groups is 2. The molecule has 4 N–H and O–H groups in total. The number of ether oxygens (including phenoxy) is 2. The van der Waals surface area contributed by atoms with Gasteiger partial charge >= 0.3 is 6.09 Å². The van der Waals surface area contributed by atoms with Crippen molar-refractivity contribution >= 4 is 28.5 Å². The van der Waals surface area contributed by atoms with Gasteiger partial charge in [0.2, 0.25) is 0 Å². The first-order valence-corrected chi connectivity index (χ1v) is 11.1. The average molecular weight is 483 g/mol. The van der Waals surface area contributed by atoms with Crippen molar-refractivity contribution in [3.8, 4) is 5.75 Å². The van der Waals surface area contributed by atoms with Gasteiger partial charge in [-0.1, -0.05) is 48.5 Å². The van der Waals surface area contributed by atoms with Crippen molar-refractivity contribution in [2.75, 3.05) is 11.9 Å². The highest BCUT2D eigenvalue weighted by Crippen LogP contribution is 2.31. The summed E-state index contributed by atoms with van der Waals surface area (Å²) >= 11 is 0. The van der Waals surface area contributed by atoms with E-state index in [1.165, 1.54) is 23.7 Å². The molecule has 184 valence electrons. The van der Waals surface area contributed by atoms with Gasteiger partial charge in [-0.05, 0) is 48.9 Å². The molecule has 0 saturated heterocycles. The predicted octanol–water partition coefficient (Wildman–Crippen LogP) is 5.22. The van der Waals surface area contributed by atoms with Gasteiger partial charge in [0.05, 0.1) is 11.8 Å². The monoisotopic (exact) mass is 482 g/mol. The minimum Gasteiger partial charge on any atom is -0.505 e. The van der Waals surface area contributed by atoms with E-state index in [0.29, 0.717) is 24.1 Å². The zero-order chi connectivity index (χ0) is 25.2. The number of anilines is 1. The van der Waals surface area contributed by atoms with Crippen LogP contribution in [0, 0.1) is 5.82 Å². The van der Waals surface area contributed by atoms with Crippen molar-refractivity contribution in [2.45, 2.75) is 32.0 Å². The number of phenols is 1. The fourth-order valence-electron chi connectivity index (χ4n) is 3.67. The molecule has 0 radical (unpaired) electrons. The van der Waals surface area contributed by atoms with Crippen molar-refractivity contribution in [1.82, 2.24) is 5.48 Å². The van der Waals surface area contributed by atoms with Crippen molar-refractivity contribution in [3.05, 3.63) is 84.2 Å². The van der Waals surface area contributed by atoms with E-state index < -0.39 is 35.8 Å². The molecular weight excluding hydrogens is 455 g/mol. The molecule has 0 fully saturated rings. The molecule has 8 nitrogen and oxygen atoms in total. The number of carbonyl (C=O) groups excluding carboxylic acids is 2. The number of hydrogen-bond acceptors (Lipinski definition) is 6. The van der Waals surface area contributed by atoms with E-state index >= 15 is 0 Å². The highest BCUT2D eigenvalue weighted by Gasteiger charge is 2.28. The van der Waals surface area contributed by atoms with Crippen LogP contribution in [0.2, 0.25) is 0 Å². The van der Waals surface area contributed by atoms with Gasteiger partial charge in [0, 0.05) is 18.1 Å². The Kier molecular flexibility index (Phi) is 9.16. The molecular formula is C26H27FN2O6. The third-order valence-corrected chi connectivity index (χ3v) is 5.28. The lowest BCUT2D eigenvalue weighted by Crippen LogP contribution is -2.29. The number of hydrogen-bond donors (Lipinski definition) is 4. The number of benzene rings is 3. The van der Waals surface area contributed by atoms with Crippen molar-refractivity contribution < 1.29 is 33.8 Å². The number of halogens is 1. The summed E-state index contributed by atoms with van der Waals surface area (Å²) in [4.78, 5) is 24.1. The second-order valence-electron chi connectivity index (χ2n) is 7.64. The number of aromatic hydroxyl groups is 1. The highest BCUT2D eigenvalue weighted by atomic mass is 19.1. The Morgan fingerprint density at radius 1 is 1.11 bits per heavy atom. The van der Waals surface area contributed by atoms with E-state index in [9.17, 15) is 19.1 Å². The third kappa shape index (κ3) is 7.02. The Morgan fingerprint density at radius 2 is 1.89 bits per heavy atom. The summed E-state index contributed by atoms with van der Waals surface area (Å²) in [5.74, 6) is -2.07. The summed E-state index contributed by atoms with van der Waals surface area (Å²) in [7, 11) is 0. The molecule has 0 heterocycles. The summed E-state index contributed by atoms with van der Waals surface area (Å²) < 4.78 is 25.7. The topological polar surface area (TPSA) is 117 Å². The number of allylic oxidation sites excluding steroid dienone is 1. The molecule has 2 atom stereocenters. The van der Waals surface area contributed by atoms with Gasteiger partial charge in [-0.2, -0.15) is 0 Å². The predicted molar refractivity (Wildman–Crippen MR) is 129 cm³/mol. The number of nitrogens with one attached hydrogen (secondary N) is 2. The maximum atomic E-state index is 14.2. The Balaban J connectivity index is 1.84. The smallest absolute Gasteiger partial charge is 0.412 e. The Bertz CT molecular complexity index is 1190. The van der Waals surface area contributed by atoms with E-state index in [2.05, 4.69) is 5.32 Å². The minimum atomic E-state index is -1.01. The van der Waals surface area contributed by atoms with Crippen LogP contribution in [0.1, 0.15) is 31.4 Å². The fraction of sp³-hybridized carbons (Fsp3) is 0.231. The number of phenolic OH excluding ortho intramolecular Hbond substituents is 1. The van der Waals surface area contributed by atoms with E-state index in [4.69, 9.17) is 14.7 Å². The van der Waals surface area contributed by atoms with Crippen LogP contribution in [0.5, 0.6) is 5.75 Å². The Morgan fingerprint density at radius 3 is 2.63 bits per heavy atom. The molecule has 0 bridgehead atoms. The second-order valence-corrected chi connectivity index (χ2v) is 7.64. The van der Waals surface area contributed by atoms with E-state index in [1.807, 2.05) is 36.4 Å². The fourth-order valence-corrected chi connectivity index (χ4v) is 3.67. The van der Waals surface area contributed by atoms with Gasteiger partial charge in [0.15, 0.2) is 17.7 Å². The molecule has 0 aliphatic rings. The molecule has 3 aromatic rings. The SMILES string of the molecule is CCO[C@@H](CC/C=C/C(=O)NO)[C@@H](OC(=O)Nc1cccc2ccccc12)c1ccc(O)c(F)c1. The lowest BCUT2D eigenvalue weighted by atomic mass is 9.99. The molecule has 9 heteroatoms. The first-order chi connectivity index (χ1) is 16.9. The summed E-state index contributed by atoms with van der Waals surface area (Å²) in [6.07, 6.45) is 0.888. The first kappa shape index (κ1) is 25.7. The highest BCUT2D eigenvalue weighted by molar-refractivity contribution is 6.00. The lowest BCUT2D eigenvalue weighted by Gasteiger charge is -2.27. The van der Waals surface area contributed by atoms with Crippen LogP contribution in [0.3, 0.4) is 0 Å². The van der Waals surface area contributed by atoms with Gasteiger partial charge in [0.25, 0.3) is 5.91 Å². The van der Waals surface area contributed by atoms with Crippen LogP contribution in [0.15, 0.2) is 72.8 Å². The normalized spacial score (nSPS) is 12.9. The third-order valence-electron chi connectivity index (χ3n) is 5.28. The summed E-state index contributed by atoms with van der Waals surface area (Å²) in [5.41, 5.74) is 2.35. The van der Waals surface area contributed by atoms with Crippen molar-refractivity contribution in [1.29, 1.82) is 0 Å². The van der Waals surface area contributed by atoms with Gasteiger partial charge in [-0.25, -0.2) is 14.7 Å². The van der Waals surface area contributed by atoms with E-state index in [0.717, 1.165) is 22.9 Å². The Labute approximate surface area is 201 Å².